The fraction of sp³-hybridized carbons (Fsp3) is 0.182. The SMILES string of the molecule is Cc1cc(C(=O)COc2ccc(NC(=O)c3ccccc3)cc2)c(C)n1C. The van der Waals surface area contributed by atoms with E-state index in [2.05, 4.69) is 5.32 Å². The number of Topliss-reactive ketones (excluding diaryl/α,β-unsaturated/α-hetero) is 1. The number of rotatable bonds is 6. The summed E-state index contributed by atoms with van der Waals surface area (Å²) in [6.45, 7) is 3.86. The lowest BCUT2D eigenvalue weighted by Crippen LogP contribution is -2.13. The van der Waals surface area contributed by atoms with Gasteiger partial charge in [0.2, 0.25) is 5.78 Å². The normalized spacial score (nSPS) is 10.5. The van der Waals surface area contributed by atoms with E-state index in [1.165, 1.54) is 0 Å². The van der Waals surface area contributed by atoms with Crippen molar-refractivity contribution in [1.29, 1.82) is 0 Å². The zero-order valence-corrected chi connectivity index (χ0v) is 15.7. The maximum atomic E-state index is 12.4. The Bertz CT molecular complexity index is 957. The Kier molecular flexibility index (Phi) is 5.41. The molecule has 0 aliphatic heterocycles. The summed E-state index contributed by atoms with van der Waals surface area (Å²) in [7, 11) is 1.94. The molecule has 5 heteroatoms. The zero-order valence-electron chi connectivity index (χ0n) is 15.7. The first-order valence-electron chi connectivity index (χ1n) is 8.71. The third-order valence-corrected chi connectivity index (χ3v) is 4.59. The molecule has 0 fully saturated rings. The highest BCUT2D eigenvalue weighted by Crippen LogP contribution is 2.18. The molecule has 1 amide bonds. The van der Waals surface area contributed by atoms with E-state index in [0.29, 0.717) is 22.6 Å². The van der Waals surface area contributed by atoms with Crippen LogP contribution in [0.5, 0.6) is 5.75 Å². The Morgan fingerprint density at radius 2 is 1.67 bits per heavy atom. The van der Waals surface area contributed by atoms with Crippen molar-refractivity contribution < 1.29 is 14.3 Å². The lowest BCUT2D eigenvalue weighted by atomic mass is 10.1. The number of nitrogens with one attached hydrogen (secondary N) is 1. The molecule has 2 aromatic carbocycles. The van der Waals surface area contributed by atoms with Gasteiger partial charge in [0, 0.05) is 35.2 Å². The number of benzene rings is 2. The van der Waals surface area contributed by atoms with Gasteiger partial charge in [0.25, 0.3) is 5.91 Å². The van der Waals surface area contributed by atoms with Gasteiger partial charge >= 0.3 is 0 Å². The fourth-order valence-electron chi connectivity index (χ4n) is 2.79. The van der Waals surface area contributed by atoms with Crippen LogP contribution in [-0.4, -0.2) is 22.9 Å². The predicted molar refractivity (Wildman–Crippen MR) is 106 cm³/mol. The van der Waals surface area contributed by atoms with Crippen LogP contribution in [0.3, 0.4) is 0 Å². The van der Waals surface area contributed by atoms with Gasteiger partial charge in [0.15, 0.2) is 6.61 Å². The molecule has 0 aliphatic rings. The molecule has 0 aliphatic carbocycles. The number of anilines is 1. The van der Waals surface area contributed by atoms with E-state index in [0.717, 1.165) is 11.4 Å². The van der Waals surface area contributed by atoms with Crippen molar-refractivity contribution in [2.75, 3.05) is 11.9 Å². The van der Waals surface area contributed by atoms with E-state index >= 15 is 0 Å². The van der Waals surface area contributed by atoms with Crippen LogP contribution in [0.15, 0.2) is 60.7 Å². The van der Waals surface area contributed by atoms with E-state index in [-0.39, 0.29) is 18.3 Å². The summed E-state index contributed by atoms with van der Waals surface area (Å²) >= 11 is 0. The molecule has 1 heterocycles. The summed E-state index contributed by atoms with van der Waals surface area (Å²) in [5, 5.41) is 2.83. The summed E-state index contributed by atoms with van der Waals surface area (Å²) < 4.78 is 7.58. The maximum Gasteiger partial charge on any atom is 0.255 e. The second-order valence-corrected chi connectivity index (χ2v) is 6.40. The van der Waals surface area contributed by atoms with Crippen LogP contribution in [-0.2, 0) is 7.05 Å². The van der Waals surface area contributed by atoms with Crippen molar-refractivity contribution in [3.8, 4) is 5.75 Å². The predicted octanol–water partition coefficient (Wildman–Crippen LogP) is 4.16. The van der Waals surface area contributed by atoms with Gasteiger partial charge in [-0.25, -0.2) is 0 Å². The molecule has 0 atom stereocenters. The van der Waals surface area contributed by atoms with Crippen molar-refractivity contribution >= 4 is 17.4 Å². The summed E-state index contributed by atoms with van der Waals surface area (Å²) in [5.74, 6) is 0.346. The Labute approximate surface area is 158 Å². The van der Waals surface area contributed by atoms with Gasteiger partial charge in [-0.15, -0.1) is 0 Å². The van der Waals surface area contributed by atoms with Crippen LogP contribution in [0, 0.1) is 13.8 Å². The molecule has 0 saturated carbocycles. The van der Waals surface area contributed by atoms with Gasteiger partial charge in [0.05, 0.1) is 0 Å². The second-order valence-electron chi connectivity index (χ2n) is 6.40. The Morgan fingerprint density at radius 3 is 2.26 bits per heavy atom. The molecule has 0 saturated heterocycles. The topological polar surface area (TPSA) is 60.3 Å². The molecular formula is C22H22N2O3. The third kappa shape index (κ3) is 4.26. The monoisotopic (exact) mass is 362 g/mol. The molecule has 0 bridgehead atoms. The average Bonchev–Trinajstić information content (AvgIpc) is 2.95. The minimum atomic E-state index is -0.172. The molecular weight excluding hydrogens is 340 g/mol. The van der Waals surface area contributed by atoms with Crippen molar-refractivity contribution in [1.82, 2.24) is 4.57 Å². The van der Waals surface area contributed by atoms with E-state index in [9.17, 15) is 9.59 Å². The summed E-state index contributed by atoms with van der Waals surface area (Å²) in [6.07, 6.45) is 0. The van der Waals surface area contributed by atoms with Gasteiger partial charge in [-0.05, 0) is 56.3 Å². The van der Waals surface area contributed by atoms with E-state index in [4.69, 9.17) is 4.74 Å². The first-order valence-corrected chi connectivity index (χ1v) is 8.71. The first-order chi connectivity index (χ1) is 13.0. The van der Waals surface area contributed by atoms with Crippen LogP contribution in [0.4, 0.5) is 5.69 Å². The smallest absolute Gasteiger partial charge is 0.255 e. The number of ether oxygens (including phenoxy) is 1. The van der Waals surface area contributed by atoms with Gasteiger partial charge in [-0.3, -0.25) is 9.59 Å². The Hall–Kier alpha value is -3.34. The average molecular weight is 362 g/mol. The number of carbonyl (C=O) groups is 2. The fourth-order valence-corrected chi connectivity index (χ4v) is 2.79. The molecule has 3 aromatic rings. The van der Waals surface area contributed by atoms with Gasteiger partial charge in [-0.2, -0.15) is 0 Å². The van der Waals surface area contributed by atoms with Crippen LogP contribution in [0.1, 0.15) is 32.1 Å². The van der Waals surface area contributed by atoms with E-state index < -0.39 is 0 Å². The molecule has 0 unspecified atom stereocenters. The zero-order chi connectivity index (χ0) is 19.4. The number of hydrogen-bond acceptors (Lipinski definition) is 3. The number of nitrogens with zero attached hydrogens (tertiary/aromatic N) is 1. The highest BCUT2D eigenvalue weighted by molar-refractivity contribution is 6.04. The highest BCUT2D eigenvalue weighted by atomic mass is 16.5. The van der Waals surface area contributed by atoms with E-state index in [1.807, 2.05) is 49.7 Å². The Morgan fingerprint density at radius 1 is 1.00 bits per heavy atom. The van der Waals surface area contributed by atoms with Crippen LogP contribution >= 0.6 is 0 Å². The van der Waals surface area contributed by atoms with Gasteiger partial charge in [0.1, 0.15) is 5.75 Å². The third-order valence-electron chi connectivity index (χ3n) is 4.59. The largest absolute Gasteiger partial charge is 0.485 e. The van der Waals surface area contributed by atoms with Gasteiger partial charge in [-0.1, -0.05) is 18.2 Å². The summed E-state index contributed by atoms with van der Waals surface area (Å²) in [4.78, 5) is 24.5. The number of ketones is 1. The second kappa shape index (κ2) is 7.91. The molecule has 0 spiro atoms. The standard InChI is InChI=1S/C22H22N2O3/c1-15-13-20(16(2)24(15)3)21(25)14-27-19-11-9-18(10-12-19)23-22(26)17-7-5-4-6-8-17/h4-13H,14H2,1-3H3,(H,23,26). The lowest BCUT2D eigenvalue weighted by Gasteiger charge is -2.08. The van der Waals surface area contributed by atoms with Crippen LogP contribution in [0.2, 0.25) is 0 Å². The van der Waals surface area contributed by atoms with Gasteiger partial charge < -0.3 is 14.6 Å². The number of hydrogen-bond donors (Lipinski definition) is 1. The Balaban J connectivity index is 1.58. The minimum absolute atomic E-state index is 0.0278. The summed E-state index contributed by atoms with van der Waals surface area (Å²) in [6, 6.07) is 17.9. The number of aromatic nitrogens is 1. The molecule has 27 heavy (non-hydrogen) atoms. The first kappa shape index (κ1) is 18.5. The minimum Gasteiger partial charge on any atom is -0.485 e. The van der Waals surface area contributed by atoms with E-state index in [1.54, 1.807) is 36.4 Å². The van der Waals surface area contributed by atoms with Crippen LogP contribution in [0.25, 0.3) is 0 Å². The quantitative estimate of drug-likeness (QED) is 0.670. The lowest BCUT2D eigenvalue weighted by molar-refractivity contribution is 0.0920. The molecule has 1 aromatic heterocycles. The number of carbonyl (C=O) groups excluding carboxylic acids is 2. The van der Waals surface area contributed by atoms with Crippen LogP contribution < -0.4 is 10.1 Å². The molecule has 5 nitrogen and oxygen atoms in total. The number of aryl methyl sites for hydroxylation is 1. The number of amides is 1. The molecule has 3 rings (SSSR count). The highest BCUT2D eigenvalue weighted by Gasteiger charge is 2.14. The summed E-state index contributed by atoms with van der Waals surface area (Å²) in [5.41, 5.74) is 3.91. The van der Waals surface area contributed by atoms with Crippen molar-refractivity contribution in [2.24, 2.45) is 7.05 Å². The van der Waals surface area contributed by atoms with Crippen molar-refractivity contribution in [2.45, 2.75) is 13.8 Å². The van der Waals surface area contributed by atoms with Crippen molar-refractivity contribution in [3.05, 3.63) is 83.2 Å². The maximum absolute atomic E-state index is 12.4. The molecule has 1 N–H and O–H groups in total. The van der Waals surface area contributed by atoms with Crippen molar-refractivity contribution in [3.63, 3.8) is 0 Å². The molecule has 138 valence electrons. The molecule has 0 radical (unpaired) electrons.